The highest BCUT2D eigenvalue weighted by Crippen LogP contribution is 2.35. The number of carbonyl (C=O) groups is 2. The standard InChI is InChI=1S/C21H23NO7/c1-5-14-7-9-15(10-8-14)20(23)13(3)29-21(24)16-11-18(27-4)19(28-6-2)12-17(16)22(25)26/h7-13H,5-6H2,1-4H3/t13-/m1/s1. The normalized spacial score (nSPS) is 11.4. The molecule has 0 saturated heterocycles. The van der Waals surface area contributed by atoms with Gasteiger partial charge in [-0.05, 0) is 25.8 Å². The number of aryl methyl sites for hydroxylation is 1. The summed E-state index contributed by atoms with van der Waals surface area (Å²) in [7, 11) is 1.35. The second kappa shape index (κ2) is 9.68. The van der Waals surface area contributed by atoms with Crippen LogP contribution in [0.15, 0.2) is 36.4 Å². The molecular weight excluding hydrogens is 378 g/mol. The molecule has 0 aliphatic carbocycles. The van der Waals surface area contributed by atoms with Crippen LogP contribution in [0.1, 0.15) is 47.1 Å². The Morgan fingerprint density at radius 1 is 1.10 bits per heavy atom. The second-order valence-corrected chi connectivity index (χ2v) is 6.17. The zero-order chi connectivity index (χ0) is 21.6. The lowest BCUT2D eigenvalue weighted by molar-refractivity contribution is -0.385. The van der Waals surface area contributed by atoms with Crippen molar-refractivity contribution in [3.8, 4) is 11.5 Å². The Bertz CT molecular complexity index is 906. The summed E-state index contributed by atoms with van der Waals surface area (Å²) in [6.07, 6.45) is -0.283. The van der Waals surface area contributed by atoms with Gasteiger partial charge in [0.15, 0.2) is 17.6 Å². The predicted octanol–water partition coefficient (Wildman–Crippen LogP) is 3.99. The summed E-state index contributed by atoms with van der Waals surface area (Å²) in [4.78, 5) is 35.8. The fourth-order valence-electron chi connectivity index (χ4n) is 2.71. The molecule has 0 aliphatic rings. The number of nitrogens with zero attached hydrogens (tertiary/aromatic N) is 1. The zero-order valence-corrected chi connectivity index (χ0v) is 16.8. The van der Waals surface area contributed by atoms with Gasteiger partial charge < -0.3 is 14.2 Å². The number of carbonyl (C=O) groups excluding carboxylic acids is 2. The minimum Gasteiger partial charge on any atom is -0.493 e. The number of hydrogen-bond acceptors (Lipinski definition) is 7. The molecule has 2 aromatic rings. The van der Waals surface area contributed by atoms with E-state index in [1.807, 2.05) is 19.1 Å². The average molecular weight is 401 g/mol. The fraction of sp³-hybridized carbons (Fsp3) is 0.333. The summed E-state index contributed by atoms with van der Waals surface area (Å²) in [5.74, 6) is -1.11. The van der Waals surface area contributed by atoms with Gasteiger partial charge in [0.1, 0.15) is 5.56 Å². The first kappa shape index (κ1) is 21.9. The Hall–Kier alpha value is -3.42. The molecule has 0 heterocycles. The van der Waals surface area contributed by atoms with Crippen molar-refractivity contribution >= 4 is 17.4 Å². The van der Waals surface area contributed by atoms with E-state index in [1.165, 1.54) is 20.1 Å². The van der Waals surface area contributed by atoms with Gasteiger partial charge >= 0.3 is 5.97 Å². The molecule has 0 unspecified atom stereocenters. The number of methoxy groups -OCH3 is 1. The highest BCUT2D eigenvalue weighted by atomic mass is 16.6. The Morgan fingerprint density at radius 2 is 1.76 bits per heavy atom. The van der Waals surface area contributed by atoms with Crippen LogP contribution in [0.3, 0.4) is 0 Å². The molecule has 8 nitrogen and oxygen atoms in total. The van der Waals surface area contributed by atoms with Crippen LogP contribution in [0, 0.1) is 10.1 Å². The smallest absolute Gasteiger partial charge is 0.346 e. The molecule has 0 spiro atoms. The molecule has 0 N–H and O–H groups in total. The van der Waals surface area contributed by atoms with Gasteiger partial charge in [-0.25, -0.2) is 4.79 Å². The monoisotopic (exact) mass is 401 g/mol. The molecule has 0 saturated carbocycles. The molecule has 2 rings (SSSR count). The lowest BCUT2D eigenvalue weighted by atomic mass is 10.0. The summed E-state index contributed by atoms with van der Waals surface area (Å²) in [6.45, 7) is 5.40. The van der Waals surface area contributed by atoms with E-state index < -0.39 is 28.5 Å². The van der Waals surface area contributed by atoms with Crippen molar-refractivity contribution in [1.82, 2.24) is 0 Å². The third kappa shape index (κ3) is 5.10. The lowest BCUT2D eigenvalue weighted by Gasteiger charge is -2.14. The first-order valence-corrected chi connectivity index (χ1v) is 9.15. The molecule has 0 fully saturated rings. The second-order valence-electron chi connectivity index (χ2n) is 6.17. The predicted molar refractivity (Wildman–Crippen MR) is 106 cm³/mol. The van der Waals surface area contributed by atoms with Crippen molar-refractivity contribution in [2.75, 3.05) is 13.7 Å². The van der Waals surface area contributed by atoms with Gasteiger partial charge in [-0.15, -0.1) is 0 Å². The van der Waals surface area contributed by atoms with Gasteiger partial charge in [0, 0.05) is 11.6 Å². The maximum absolute atomic E-state index is 12.6. The van der Waals surface area contributed by atoms with Gasteiger partial charge in [-0.1, -0.05) is 31.2 Å². The molecule has 0 radical (unpaired) electrons. The van der Waals surface area contributed by atoms with E-state index in [1.54, 1.807) is 19.1 Å². The number of benzene rings is 2. The highest BCUT2D eigenvalue weighted by molar-refractivity contribution is 6.02. The van der Waals surface area contributed by atoms with Crippen molar-refractivity contribution in [1.29, 1.82) is 0 Å². The van der Waals surface area contributed by atoms with Crippen LogP contribution >= 0.6 is 0 Å². The number of nitro groups is 1. The van der Waals surface area contributed by atoms with Crippen LogP contribution < -0.4 is 9.47 Å². The minimum absolute atomic E-state index is 0.137. The van der Waals surface area contributed by atoms with E-state index in [2.05, 4.69) is 0 Å². The quantitative estimate of drug-likeness (QED) is 0.271. The molecule has 0 bridgehead atoms. The van der Waals surface area contributed by atoms with Crippen molar-refractivity contribution in [3.05, 3.63) is 63.2 Å². The number of esters is 1. The van der Waals surface area contributed by atoms with Crippen LogP contribution in [0.25, 0.3) is 0 Å². The van der Waals surface area contributed by atoms with Crippen LogP contribution in [0.5, 0.6) is 11.5 Å². The maximum atomic E-state index is 12.6. The van der Waals surface area contributed by atoms with Gasteiger partial charge in [-0.2, -0.15) is 0 Å². The lowest BCUT2D eigenvalue weighted by Crippen LogP contribution is -2.25. The molecule has 8 heteroatoms. The van der Waals surface area contributed by atoms with E-state index >= 15 is 0 Å². The van der Waals surface area contributed by atoms with E-state index in [9.17, 15) is 19.7 Å². The van der Waals surface area contributed by atoms with Gasteiger partial charge in [0.2, 0.25) is 5.78 Å². The third-order valence-electron chi connectivity index (χ3n) is 4.30. The van der Waals surface area contributed by atoms with Crippen LogP contribution in [0.4, 0.5) is 5.69 Å². The van der Waals surface area contributed by atoms with E-state index in [-0.39, 0.29) is 23.7 Å². The van der Waals surface area contributed by atoms with E-state index in [0.29, 0.717) is 5.56 Å². The van der Waals surface area contributed by atoms with Crippen LogP contribution in [0.2, 0.25) is 0 Å². The summed E-state index contributed by atoms with van der Waals surface area (Å²) < 4.78 is 15.7. The Labute approximate surface area is 168 Å². The number of nitro benzene ring substituents is 1. The molecule has 154 valence electrons. The number of hydrogen-bond donors (Lipinski definition) is 0. The van der Waals surface area contributed by atoms with Gasteiger partial charge in [-0.3, -0.25) is 14.9 Å². The topological polar surface area (TPSA) is 105 Å². The maximum Gasteiger partial charge on any atom is 0.346 e. The first-order valence-electron chi connectivity index (χ1n) is 9.15. The molecular formula is C21H23NO7. The number of ketones is 1. The van der Waals surface area contributed by atoms with Gasteiger partial charge in [0.25, 0.3) is 5.69 Å². The van der Waals surface area contributed by atoms with Crippen LogP contribution in [-0.4, -0.2) is 36.5 Å². The zero-order valence-electron chi connectivity index (χ0n) is 16.8. The summed E-state index contributed by atoms with van der Waals surface area (Å²) in [6, 6.07) is 9.25. The molecule has 29 heavy (non-hydrogen) atoms. The molecule has 0 amide bonds. The molecule has 0 aromatic heterocycles. The summed E-state index contributed by atoms with van der Waals surface area (Å²) in [5.41, 5.74) is 0.645. The Balaban J connectivity index is 2.28. The summed E-state index contributed by atoms with van der Waals surface area (Å²) >= 11 is 0. The van der Waals surface area contributed by atoms with Crippen molar-refractivity contribution < 1.29 is 28.7 Å². The number of rotatable bonds is 9. The molecule has 1 atom stereocenters. The number of Topliss-reactive ketones (excluding diaryl/α,β-unsaturated/α-hetero) is 1. The fourth-order valence-corrected chi connectivity index (χ4v) is 2.71. The number of ether oxygens (including phenoxy) is 3. The molecule has 2 aromatic carbocycles. The Morgan fingerprint density at radius 3 is 2.28 bits per heavy atom. The largest absolute Gasteiger partial charge is 0.493 e. The average Bonchev–Trinajstić information content (AvgIpc) is 2.72. The van der Waals surface area contributed by atoms with E-state index in [4.69, 9.17) is 14.2 Å². The highest BCUT2D eigenvalue weighted by Gasteiger charge is 2.28. The first-order chi connectivity index (χ1) is 13.8. The van der Waals surface area contributed by atoms with Crippen molar-refractivity contribution in [2.24, 2.45) is 0 Å². The Kier molecular flexibility index (Phi) is 7.30. The minimum atomic E-state index is -1.12. The van der Waals surface area contributed by atoms with Crippen LogP contribution in [-0.2, 0) is 11.2 Å². The van der Waals surface area contributed by atoms with Gasteiger partial charge in [0.05, 0.1) is 24.7 Å². The van der Waals surface area contributed by atoms with E-state index in [0.717, 1.165) is 18.1 Å². The van der Waals surface area contributed by atoms with Crippen molar-refractivity contribution in [2.45, 2.75) is 33.3 Å². The SMILES string of the molecule is CCOc1cc([N+](=O)[O-])c(C(=O)O[C@H](C)C(=O)c2ccc(CC)cc2)cc1OC. The summed E-state index contributed by atoms with van der Waals surface area (Å²) in [5, 5.41) is 11.4. The van der Waals surface area contributed by atoms with Crippen molar-refractivity contribution in [3.63, 3.8) is 0 Å². The molecule has 0 aliphatic heterocycles. The third-order valence-corrected chi connectivity index (χ3v) is 4.30.